The van der Waals surface area contributed by atoms with Gasteiger partial charge in [0, 0.05) is 18.0 Å². The molecular weight excluding hydrogens is 400 g/mol. The number of fused-ring (bicyclic) bond motifs is 1. The molecule has 0 saturated carbocycles. The molecule has 0 amide bonds. The summed E-state index contributed by atoms with van der Waals surface area (Å²) in [7, 11) is 0. The van der Waals surface area contributed by atoms with Gasteiger partial charge < -0.3 is 4.98 Å². The number of nitrogens with zero attached hydrogens (tertiary/aromatic N) is 3. The molecule has 3 aromatic heterocycles. The van der Waals surface area contributed by atoms with Crippen molar-refractivity contribution in [2.75, 3.05) is 0 Å². The second kappa shape index (κ2) is 6.51. The zero-order valence-corrected chi connectivity index (χ0v) is 14.9. The Bertz CT molecular complexity index is 1140. The van der Waals surface area contributed by atoms with Crippen LogP contribution in [0.5, 0.6) is 0 Å². The third kappa shape index (κ3) is 3.48. The number of hydrogen-bond acceptors (Lipinski definition) is 3. The van der Waals surface area contributed by atoms with E-state index in [4.69, 9.17) is 23.2 Å². The summed E-state index contributed by atoms with van der Waals surface area (Å²) in [6, 6.07) is 8.36. The lowest BCUT2D eigenvalue weighted by Crippen LogP contribution is -2.04. The first-order valence-corrected chi connectivity index (χ1v) is 8.42. The van der Waals surface area contributed by atoms with Crippen molar-refractivity contribution >= 4 is 34.2 Å². The van der Waals surface area contributed by atoms with E-state index in [0.717, 1.165) is 12.1 Å². The fraction of sp³-hybridized carbons (Fsp3) is 0.0556. The second-order valence-corrected chi connectivity index (χ2v) is 6.57. The molecule has 3 heterocycles. The van der Waals surface area contributed by atoms with Gasteiger partial charge in [-0.1, -0.05) is 23.2 Å². The Balaban J connectivity index is 1.69. The van der Waals surface area contributed by atoms with Gasteiger partial charge in [-0.15, -0.1) is 0 Å². The van der Waals surface area contributed by atoms with Crippen LogP contribution < -0.4 is 0 Å². The molecule has 0 bridgehead atoms. The van der Waals surface area contributed by atoms with Crippen LogP contribution in [0.3, 0.4) is 0 Å². The summed E-state index contributed by atoms with van der Waals surface area (Å²) < 4.78 is 38.5. The molecule has 0 aliphatic heterocycles. The Morgan fingerprint density at radius 1 is 0.926 bits per heavy atom. The molecule has 0 spiro atoms. The topological polar surface area (TPSA) is 54.5 Å². The van der Waals surface area contributed by atoms with Crippen LogP contribution in [0.2, 0.25) is 10.0 Å². The van der Waals surface area contributed by atoms with E-state index in [2.05, 4.69) is 19.9 Å². The van der Waals surface area contributed by atoms with Crippen molar-refractivity contribution in [1.29, 1.82) is 0 Å². The summed E-state index contributed by atoms with van der Waals surface area (Å²) in [4.78, 5) is 15.7. The van der Waals surface area contributed by atoms with E-state index in [1.54, 1.807) is 24.4 Å². The van der Waals surface area contributed by atoms with Crippen LogP contribution >= 0.6 is 23.2 Å². The molecule has 136 valence electrons. The van der Waals surface area contributed by atoms with E-state index in [0.29, 0.717) is 38.3 Å². The fourth-order valence-corrected chi connectivity index (χ4v) is 3.10. The van der Waals surface area contributed by atoms with E-state index in [1.807, 2.05) is 0 Å². The monoisotopic (exact) mass is 408 g/mol. The SMILES string of the molecule is FC(F)(F)c1ccc2nc(-c3ccc(-c4ncc(Cl)cc4Cl)cn3)[nH]c2c1. The zero-order valence-electron chi connectivity index (χ0n) is 13.4. The Morgan fingerprint density at radius 2 is 1.74 bits per heavy atom. The number of pyridine rings is 2. The first-order chi connectivity index (χ1) is 12.8. The van der Waals surface area contributed by atoms with Gasteiger partial charge in [-0.05, 0) is 36.4 Å². The molecule has 0 unspecified atom stereocenters. The number of benzene rings is 1. The van der Waals surface area contributed by atoms with Gasteiger partial charge in [0.25, 0.3) is 0 Å². The van der Waals surface area contributed by atoms with Crippen molar-refractivity contribution in [3.8, 4) is 22.8 Å². The van der Waals surface area contributed by atoms with Gasteiger partial charge in [0.2, 0.25) is 0 Å². The normalized spacial score (nSPS) is 11.9. The molecule has 0 atom stereocenters. The van der Waals surface area contributed by atoms with Crippen LogP contribution in [0, 0.1) is 0 Å². The largest absolute Gasteiger partial charge is 0.416 e. The lowest BCUT2D eigenvalue weighted by Gasteiger charge is -2.05. The number of alkyl halides is 3. The van der Waals surface area contributed by atoms with Crippen molar-refractivity contribution in [3.63, 3.8) is 0 Å². The molecule has 4 aromatic rings. The van der Waals surface area contributed by atoms with Crippen molar-refractivity contribution in [3.05, 3.63) is 64.4 Å². The Hall–Kier alpha value is -2.64. The predicted octanol–water partition coefficient (Wildman–Crippen LogP) is 6.01. The standard InChI is InChI=1S/C18H9Cl2F3N4/c19-11-6-12(20)16(25-8-11)9-1-3-14(24-7-9)17-26-13-4-2-10(18(21,22)23)5-15(13)27-17/h1-8H,(H,26,27). The lowest BCUT2D eigenvalue weighted by atomic mass is 10.2. The average Bonchev–Trinajstić information content (AvgIpc) is 3.04. The van der Waals surface area contributed by atoms with E-state index in [-0.39, 0.29) is 5.52 Å². The fourth-order valence-electron chi connectivity index (χ4n) is 2.61. The summed E-state index contributed by atoms with van der Waals surface area (Å²) >= 11 is 12.0. The van der Waals surface area contributed by atoms with Crippen LogP contribution in [-0.2, 0) is 6.18 Å². The summed E-state index contributed by atoms with van der Waals surface area (Å²) in [6.07, 6.45) is -1.37. The van der Waals surface area contributed by atoms with Gasteiger partial charge in [0.1, 0.15) is 5.69 Å². The number of aromatic nitrogens is 4. The van der Waals surface area contributed by atoms with Gasteiger partial charge in [-0.3, -0.25) is 9.97 Å². The molecular formula is C18H9Cl2F3N4. The third-order valence-corrected chi connectivity index (χ3v) is 4.39. The quantitative estimate of drug-likeness (QED) is 0.441. The summed E-state index contributed by atoms with van der Waals surface area (Å²) in [5, 5.41) is 0.814. The molecule has 1 aromatic carbocycles. The van der Waals surface area contributed by atoms with Crippen LogP contribution in [-0.4, -0.2) is 19.9 Å². The minimum Gasteiger partial charge on any atom is -0.337 e. The molecule has 0 aliphatic carbocycles. The summed E-state index contributed by atoms with van der Waals surface area (Å²) in [6.45, 7) is 0. The highest BCUT2D eigenvalue weighted by Gasteiger charge is 2.30. The number of halogens is 5. The third-order valence-electron chi connectivity index (χ3n) is 3.90. The summed E-state index contributed by atoms with van der Waals surface area (Å²) in [5.41, 5.74) is 1.65. The minimum absolute atomic E-state index is 0.285. The maximum absolute atomic E-state index is 12.8. The highest BCUT2D eigenvalue weighted by atomic mass is 35.5. The predicted molar refractivity (Wildman–Crippen MR) is 97.6 cm³/mol. The Labute approximate surface area is 161 Å². The molecule has 0 saturated heterocycles. The highest BCUT2D eigenvalue weighted by Crippen LogP contribution is 2.32. The number of imidazole rings is 1. The zero-order chi connectivity index (χ0) is 19.2. The molecule has 0 radical (unpaired) electrons. The number of H-pyrrole nitrogens is 1. The maximum atomic E-state index is 12.8. The maximum Gasteiger partial charge on any atom is 0.416 e. The average molecular weight is 409 g/mol. The van der Waals surface area contributed by atoms with Crippen LogP contribution in [0.1, 0.15) is 5.56 Å². The van der Waals surface area contributed by atoms with E-state index in [1.165, 1.54) is 12.3 Å². The second-order valence-electron chi connectivity index (χ2n) is 5.73. The van der Waals surface area contributed by atoms with Crippen molar-refractivity contribution in [1.82, 2.24) is 19.9 Å². The van der Waals surface area contributed by atoms with Crippen molar-refractivity contribution in [2.45, 2.75) is 6.18 Å². The van der Waals surface area contributed by atoms with Gasteiger partial charge in [-0.25, -0.2) is 4.98 Å². The smallest absolute Gasteiger partial charge is 0.337 e. The number of nitrogens with one attached hydrogen (secondary N) is 1. The number of hydrogen-bond donors (Lipinski definition) is 1. The Morgan fingerprint density at radius 3 is 2.41 bits per heavy atom. The number of aromatic amines is 1. The molecule has 4 nitrogen and oxygen atoms in total. The van der Waals surface area contributed by atoms with E-state index < -0.39 is 11.7 Å². The Kier molecular flexibility index (Phi) is 4.28. The van der Waals surface area contributed by atoms with E-state index >= 15 is 0 Å². The lowest BCUT2D eigenvalue weighted by molar-refractivity contribution is -0.137. The van der Waals surface area contributed by atoms with Gasteiger partial charge in [-0.2, -0.15) is 13.2 Å². The summed E-state index contributed by atoms with van der Waals surface area (Å²) in [5.74, 6) is 0.367. The number of rotatable bonds is 2. The molecule has 0 fully saturated rings. The van der Waals surface area contributed by atoms with Crippen LogP contribution in [0.15, 0.2) is 48.8 Å². The van der Waals surface area contributed by atoms with Crippen LogP contribution in [0.4, 0.5) is 13.2 Å². The molecule has 4 rings (SSSR count). The molecule has 9 heteroatoms. The first kappa shape index (κ1) is 17.8. The van der Waals surface area contributed by atoms with Crippen LogP contribution in [0.25, 0.3) is 33.8 Å². The van der Waals surface area contributed by atoms with Gasteiger partial charge in [0.05, 0.1) is 32.3 Å². The van der Waals surface area contributed by atoms with E-state index in [9.17, 15) is 13.2 Å². The van der Waals surface area contributed by atoms with Crippen molar-refractivity contribution < 1.29 is 13.2 Å². The molecule has 27 heavy (non-hydrogen) atoms. The molecule has 1 N–H and O–H groups in total. The first-order valence-electron chi connectivity index (χ1n) is 7.66. The van der Waals surface area contributed by atoms with Gasteiger partial charge in [0.15, 0.2) is 5.82 Å². The minimum atomic E-state index is -4.41. The van der Waals surface area contributed by atoms with Gasteiger partial charge >= 0.3 is 6.18 Å². The molecule has 0 aliphatic rings. The highest BCUT2D eigenvalue weighted by molar-refractivity contribution is 6.36. The van der Waals surface area contributed by atoms with Crippen molar-refractivity contribution in [2.24, 2.45) is 0 Å².